The zero-order valence-electron chi connectivity index (χ0n) is 17.9. The topological polar surface area (TPSA) is 98.6 Å². The molecule has 0 atom stereocenters. The molecule has 30 heavy (non-hydrogen) atoms. The largest absolute Gasteiger partial charge is 0.357 e. The monoisotopic (exact) mass is 430 g/mol. The molecule has 2 aromatic heterocycles. The summed E-state index contributed by atoms with van der Waals surface area (Å²) < 4.78 is 0. The Morgan fingerprint density at radius 1 is 1.17 bits per heavy atom. The van der Waals surface area contributed by atoms with Crippen LogP contribution in [0.1, 0.15) is 28.9 Å². The van der Waals surface area contributed by atoms with Crippen molar-refractivity contribution in [2.24, 2.45) is 4.99 Å². The van der Waals surface area contributed by atoms with Crippen molar-refractivity contribution >= 4 is 29.2 Å². The van der Waals surface area contributed by atoms with Crippen molar-refractivity contribution in [1.82, 2.24) is 30.5 Å². The maximum Gasteiger partial charge on any atom is 0.225 e. The minimum Gasteiger partial charge on any atom is -0.357 e. The van der Waals surface area contributed by atoms with Crippen LogP contribution in [0.5, 0.6) is 0 Å². The van der Waals surface area contributed by atoms with E-state index in [1.807, 2.05) is 25.7 Å². The fraction of sp³-hybridized carbons (Fsp3) is 0.550. The first-order valence-corrected chi connectivity index (χ1v) is 11.1. The molecule has 162 valence electrons. The number of carbonyl (C=O) groups excluding carboxylic acids is 1. The number of aliphatic imine (C=N–C) groups is 1. The van der Waals surface area contributed by atoms with Gasteiger partial charge in [0.2, 0.25) is 11.9 Å². The van der Waals surface area contributed by atoms with E-state index < -0.39 is 0 Å². The second-order valence-electron chi connectivity index (χ2n) is 7.03. The van der Waals surface area contributed by atoms with Crippen molar-refractivity contribution in [2.75, 3.05) is 44.2 Å². The van der Waals surface area contributed by atoms with Crippen LogP contribution >= 0.6 is 11.3 Å². The highest BCUT2D eigenvalue weighted by molar-refractivity contribution is 7.11. The molecule has 9 nitrogen and oxygen atoms in total. The molecule has 2 aromatic rings. The number of aryl methyl sites for hydroxylation is 2. The van der Waals surface area contributed by atoms with Crippen LogP contribution in [-0.4, -0.2) is 71.0 Å². The highest BCUT2D eigenvalue weighted by Crippen LogP contribution is 2.17. The van der Waals surface area contributed by atoms with Gasteiger partial charge in [0.15, 0.2) is 5.96 Å². The molecule has 3 heterocycles. The number of guanidine groups is 1. The standard InChI is InChI=1S/C20H30N8OS/c1-4-21-19(25-14-17-15(2)26-16(3)30-17)22-9-6-18(29)27-10-12-28(13-11-27)20-23-7-5-8-24-20/h5,7-8H,4,6,9-14H2,1-3H3,(H2,21,22,25). The summed E-state index contributed by atoms with van der Waals surface area (Å²) in [6.07, 6.45) is 3.92. The summed E-state index contributed by atoms with van der Waals surface area (Å²) >= 11 is 1.67. The molecule has 2 N–H and O–H groups in total. The van der Waals surface area contributed by atoms with Crippen molar-refractivity contribution in [3.8, 4) is 0 Å². The van der Waals surface area contributed by atoms with E-state index in [-0.39, 0.29) is 5.91 Å². The Balaban J connectivity index is 1.43. The zero-order chi connectivity index (χ0) is 21.3. The van der Waals surface area contributed by atoms with Gasteiger partial charge in [-0.2, -0.15) is 0 Å². The molecule has 10 heteroatoms. The predicted molar refractivity (Wildman–Crippen MR) is 120 cm³/mol. The van der Waals surface area contributed by atoms with Gasteiger partial charge in [0.05, 0.1) is 17.2 Å². The Hall–Kier alpha value is -2.75. The molecule has 1 saturated heterocycles. The van der Waals surface area contributed by atoms with Gasteiger partial charge in [0.1, 0.15) is 0 Å². The fourth-order valence-electron chi connectivity index (χ4n) is 3.27. The lowest BCUT2D eigenvalue weighted by Gasteiger charge is -2.34. The third-order valence-corrected chi connectivity index (χ3v) is 5.88. The number of amides is 1. The summed E-state index contributed by atoms with van der Waals surface area (Å²) in [5.74, 6) is 1.60. The minimum absolute atomic E-state index is 0.154. The van der Waals surface area contributed by atoms with E-state index in [4.69, 9.17) is 0 Å². The van der Waals surface area contributed by atoms with E-state index in [2.05, 4.69) is 35.5 Å². The maximum atomic E-state index is 12.6. The summed E-state index contributed by atoms with van der Waals surface area (Å²) in [7, 11) is 0. The van der Waals surface area contributed by atoms with Gasteiger partial charge in [-0.05, 0) is 26.8 Å². The van der Waals surface area contributed by atoms with Crippen molar-refractivity contribution < 1.29 is 4.79 Å². The summed E-state index contributed by atoms with van der Waals surface area (Å²) in [5.41, 5.74) is 1.03. The van der Waals surface area contributed by atoms with E-state index in [9.17, 15) is 4.79 Å². The van der Waals surface area contributed by atoms with E-state index in [1.165, 1.54) is 4.88 Å². The van der Waals surface area contributed by atoms with Crippen LogP contribution < -0.4 is 15.5 Å². The summed E-state index contributed by atoms with van der Waals surface area (Å²) in [6.45, 7) is 10.8. The van der Waals surface area contributed by atoms with Crippen molar-refractivity contribution in [3.63, 3.8) is 0 Å². The molecule has 0 aromatic carbocycles. The van der Waals surface area contributed by atoms with Crippen LogP contribution in [0.3, 0.4) is 0 Å². The second kappa shape index (κ2) is 10.9. The number of hydrogen-bond acceptors (Lipinski definition) is 7. The molecule has 1 aliphatic rings. The Kier molecular flexibility index (Phi) is 7.95. The Labute approximate surface area is 181 Å². The number of anilines is 1. The first-order chi connectivity index (χ1) is 14.6. The molecule has 0 unspecified atom stereocenters. The number of nitrogens with zero attached hydrogens (tertiary/aromatic N) is 6. The van der Waals surface area contributed by atoms with Crippen molar-refractivity contribution in [1.29, 1.82) is 0 Å². The van der Waals surface area contributed by atoms with Crippen LogP contribution in [0.4, 0.5) is 5.95 Å². The average molecular weight is 431 g/mol. The Morgan fingerprint density at radius 2 is 1.90 bits per heavy atom. The second-order valence-corrected chi connectivity index (χ2v) is 8.32. The molecule has 0 spiro atoms. The molecule has 3 rings (SSSR count). The Morgan fingerprint density at radius 3 is 2.53 bits per heavy atom. The maximum absolute atomic E-state index is 12.6. The fourth-order valence-corrected chi connectivity index (χ4v) is 4.13. The normalized spacial score (nSPS) is 14.7. The van der Waals surface area contributed by atoms with Crippen LogP contribution in [0.15, 0.2) is 23.5 Å². The number of hydrogen-bond donors (Lipinski definition) is 2. The van der Waals surface area contributed by atoms with Crippen LogP contribution in [0.25, 0.3) is 0 Å². The third kappa shape index (κ3) is 6.12. The number of nitrogens with one attached hydrogen (secondary N) is 2. The highest BCUT2D eigenvalue weighted by atomic mass is 32.1. The lowest BCUT2D eigenvalue weighted by molar-refractivity contribution is -0.131. The van der Waals surface area contributed by atoms with Gasteiger partial charge >= 0.3 is 0 Å². The molecular weight excluding hydrogens is 400 g/mol. The van der Waals surface area contributed by atoms with Crippen LogP contribution in [0.2, 0.25) is 0 Å². The summed E-state index contributed by atoms with van der Waals surface area (Å²) in [4.78, 5) is 35.4. The van der Waals surface area contributed by atoms with Gasteiger partial charge in [0, 0.05) is 63.0 Å². The molecule has 1 fully saturated rings. The SMILES string of the molecule is CCNC(=NCc1sc(C)nc1C)NCCC(=O)N1CCN(c2ncccn2)CC1. The van der Waals surface area contributed by atoms with Crippen molar-refractivity contribution in [3.05, 3.63) is 34.0 Å². The van der Waals surface area contributed by atoms with Crippen molar-refractivity contribution in [2.45, 2.75) is 33.7 Å². The Bertz CT molecular complexity index is 846. The van der Waals surface area contributed by atoms with Crippen LogP contribution in [-0.2, 0) is 11.3 Å². The lowest BCUT2D eigenvalue weighted by atomic mass is 10.3. The lowest BCUT2D eigenvalue weighted by Crippen LogP contribution is -2.50. The highest BCUT2D eigenvalue weighted by Gasteiger charge is 2.22. The van der Waals surface area contributed by atoms with Crippen LogP contribution in [0, 0.1) is 13.8 Å². The van der Waals surface area contributed by atoms with E-state index in [0.717, 1.165) is 42.2 Å². The zero-order valence-corrected chi connectivity index (χ0v) is 18.7. The average Bonchev–Trinajstić information content (AvgIpc) is 3.09. The molecule has 1 aliphatic heterocycles. The first kappa shape index (κ1) is 21.9. The summed E-state index contributed by atoms with van der Waals surface area (Å²) in [5, 5.41) is 7.56. The van der Waals surface area contributed by atoms with E-state index in [1.54, 1.807) is 29.8 Å². The number of carbonyl (C=O) groups is 1. The predicted octanol–water partition coefficient (Wildman–Crippen LogP) is 1.34. The number of rotatable bonds is 7. The van der Waals surface area contributed by atoms with Gasteiger partial charge in [-0.15, -0.1) is 11.3 Å². The molecule has 0 saturated carbocycles. The molecular formula is C20H30N8OS. The third-order valence-electron chi connectivity index (χ3n) is 4.82. The smallest absolute Gasteiger partial charge is 0.225 e. The molecule has 0 aliphatic carbocycles. The molecule has 1 amide bonds. The molecule has 0 bridgehead atoms. The number of piperazine rings is 1. The summed E-state index contributed by atoms with van der Waals surface area (Å²) in [6, 6.07) is 1.81. The van der Waals surface area contributed by atoms with E-state index >= 15 is 0 Å². The number of thiazole rings is 1. The number of aromatic nitrogens is 3. The van der Waals surface area contributed by atoms with Gasteiger partial charge < -0.3 is 20.4 Å². The van der Waals surface area contributed by atoms with E-state index in [0.29, 0.717) is 32.6 Å². The van der Waals surface area contributed by atoms with Gasteiger partial charge in [-0.1, -0.05) is 0 Å². The first-order valence-electron chi connectivity index (χ1n) is 10.3. The van der Waals surface area contributed by atoms with Gasteiger partial charge in [0.25, 0.3) is 0 Å². The van der Waals surface area contributed by atoms with Gasteiger partial charge in [-0.25, -0.2) is 19.9 Å². The molecule has 0 radical (unpaired) electrons. The van der Waals surface area contributed by atoms with Gasteiger partial charge in [-0.3, -0.25) is 4.79 Å². The quantitative estimate of drug-likeness (QED) is 0.505. The minimum atomic E-state index is 0.154.